The quantitative estimate of drug-likeness (QED) is 0.570. The van der Waals surface area contributed by atoms with E-state index in [1.54, 1.807) is 11.3 Å². The van der Waals surface area contributed by atoms with E-state index < -0.39 is 15.8 Å². The fraction of sp³-hybridized carbons (Fsp3) is 0.391. The Morgan fingerprint density at radius 2 is 1.78 bits per heavy atom. The highest BCUT2D eigenvalue weighted by molar-refractivity contribution is 7.89. The summed E-state index contributed by atoms with van der Waals surface area (Å²) >= 11 is 1.62. The van der Waals surface area contributed by atoms with Crippen LogP contribution >= 0.6 is 11.3 Å². The number of carbonyl (C=O) groups excluding carboxylic acids is 1. The maximum atomic E-state index is 13.5. The Balaban J connectivity index is 1.35. The third-order valence-corrected chi connectivity index (χ3v) is 9.33. The molecule has 0 unspecified atom stereocenters. The van der Waals surface area contributed by atoms with Crippen LogP contribution in [0.15, 0.2) is 53.4 Å². The summed E-state index contributed by atoms with van der Waals surface area (Å²) in [6.07, 6.45) is 3.07. The average molecular weight is 474 g/mol. The van der Waals surface area contributed by atoms with E-state index in [1.165, 1.54) is 16.4 Å². The number of hydrogen-bond donors (Lipinski definition) is 0. The highest BCUT2D eigenvalue weighted by atomic mass is 32.2. The van der Waals surface area contributed by atoms with Crippen molar-refractivity contribution in [3.63, 3.8) is 0 Å². The summed E-state index contributed by atoms with van der Waals surface area (Å²) in [6, 6.07) is 12.8. The number of aromatic nitrogens is 1. The number of piperidine rings is 1. The summed E-state index contributed by atoms with van der Waals surface area (Å²) < 4.78 is 41.8. The van der Waals surface area contributed by atoms with Crippen LogP contribution in [0, 0.1) is 11.7 Å². The van der Waals surface area contributed by atoms with Crippen molar-refractivity contribution >= 4 is 37.5 Å². The Morgan fingerprint density at radius 1 is 1.03 bits per heavy atom. The van der Waals surface area contributed by atoms with Gasteiger partial charge in [-0.05, 0) is 62.1 Å². The number of fused-ring (bicyclic) bond motifs is 1. The normalized spacial score (nSPS) is 22.5. The summed E-state index contributed by atoms with van der Waals surface area (Å²) in [5, 5.41) is 0.948. The number of amides is 1. The maximum Gasteiger partial charge on any atom is 0.243 e. The molecule has 3 aromatic rings. The Hall–Kier alpha value is -2.36. The number of likely N-dealkylation sites (tertiary alicyclic amines) is 1. The Bertz CT molecular complexity index is 1210. The molecule has 168 valence electrons. The van der Waals surface area contributed by atoms with Crippen molar-refractivity contribution in [1.82, 2.24) is 14.2 Å². The third-order valence-electron chi connectivity index (χ3n) is 6.32. The molecule has 9 heteroatoms. The lowest BCUT2D eigenvalue weighted by molar-refractivity contribution is -0.137. The first-order chi connectivity index (χ1) is 15.4. The SMILES string of the molecule is O=C([C@H]1CCCN(S(=O)(=O)c2ccc(F)cc2)C1)N1CCC[C@@H]1c1nc2ccccc2s1. The number of benzene rings is 2. The van der Waals surface area contributed by atoms with Gasteiger partial charge in [0.05, 0.1) is 27.1 Å². The van der Waals surface area contributed by atoms with Crippen LogP contribution in [0.5, 0.6) is 0 Å². The molecule has 2 aliphatic heterocycles. The van der Waals surface area contributed by atoms with Crippen molar-refractivity contribution in [2.75, 3.05) is 19.6 Å². The van der Waals surface area contributed by atoms with Gasteiger partial charge in [-0.25, -0.2) is 17.8 Å². The van der Waals surface area contributed by atoms with Crippen LogP contribution in [0.1, 0.15) is 36.7 Å². The highest BCUT2D eigenvalue weighted by Crippen LogP contribution is 2.38. The lowest BCUT2D eigenvalue weighted by Crippen LogP contribution is -2.46. The molecular formula is C23H24FN3O3S2. The van der Waals surface area contributed by atoms with Crippen LogP contribution in [0.4, 0.5) is 4.39 Å². The first-order valence-electron chi connectivity index (χ1n) is 10.8. The van der Waals surface area contributed by atoms with Crippen LogP contribution in [0.3, 0.4) is 0 Å². The van der Waals surface area contributed by atoms with E-state index in [0.717, 1.165) is 40.2 Å². The fourth-order valence-electron chi connectivity index (χ4n) is 4.67. The number of para-hydroxylation sites is 1. The van der Waals surface area contributed by atoms with Crippen molar-refractivity contribution in [3.8, 4) is 0 Å². The van der Waals surface area contributed by atoms with E-state index in [2.05, 4.69) is 0 Å². The zero-order chi connectivity index (χ0) is 22.3. The molecule has 0 aliphatic carbocycles. The minimum absolute atomic E-state index is 0.00534. The molecule has 2 saturated heterocycles. The number of rotatable bonds is 4. The zero-order valence-corrected chi connectivity index (χ0v) is 19.1. The summed E-state index contributed by atoms with van der Waals surface area (Å²) in [7, 11) is -3.77. The molecule has 1 amide bonds. The predicted molar refractivity (Wildman–Crippen MR) is 121 cm³/mol. The van der Waals surface area contributed by atoms with Gasteiger partial charge >= 0.3 is 0 Å². The van der Waals surface area contributed by atoms with Crippen LogP contribution in [-0.2, 0) is 14.8 Å². The van der Waals surface area contributed by atoms with Crippen LogP contribution in [-0.4, -0.2) is 48.1 Å². The molecule has 3 heterocycles. The predicted octanol–water partition coefficient (Wildman–Crippen LogP) is 4.20. The minimum atomic E-state index is -3.77. The number of carbonyl (C=O) groups is 1. The third kappa shape index (κ3) is 3.93. The molecule has 0 spiro atoms. The smallest absolute Gasteiger partial charge is 0.243 e. The topological polar surface area (TPSA) is 70.6 Å². The van der Waals surface area contributed by atoms with Gasteiger partial charge in [-0.2, -0.15) is 4.31 Å². The molecule has 2 aliphatic rings. The van der Waals surface area contributed by atoms with Gasteiger partial charge in [0.1, 0.15) is 10.8 Å². The first kappa shape index (κ1) is 21.5. The molecular weight excluding hydrogens is 449 g/mol. The molecule has 2 aromatic carbocycles. The van der Waals surface area contributed by atoms with E-state index in [0.29, 0.717) is 25.9 Å². The lowest BCUT2D eigenvalue weighted by atomic mass is 9.97. The average Bonchev–Trinajstić information content (AvgIpc) is 3.46. The zero-order valence-electron chi connectivity index (χ0n) is 17.5. The van der Waals surface area contributed by atoms with E-state index >= 15 is 0 Å². The number of nitrogens with zero attached hydrogens (tertiary/aromatic N) is 3. The first-order valence-corrected chi connectivity index (χ1v) is 13.1. The van der Waals surface area contributed by atoms with Crippen molar-refractivity contribution in [3.05, 3.63) is 59.4 Å². The van der Waals surface area contributed by atoms with Gasteiger partial charge in [0.2, 0.25) is 15.9 Å². The Morgan fingerprint density at radius 3 is 2.56 bits per heavy atom. The van der Waals surface area contributed by atoms with Crippen molar-refractivity contribution in [1.29, 1.82) is 0 Å². The fourth-order valence-corrected chi connectivity index (χ4v) is 7.31. The molecule has 1 aromatic heterocycles. The van der Waals surface area contributed by atoms with Gasteiger partial charge in [0.25, 0.3) is 0 Å². The van der Waals surface area contributed by atoms with Gasteiger partial charge in [-0.1, -0.05) is 12.1 Å². The van der Waals surface area contributed by atoms with Crippen LogP contribution in [0.2, 0.25) is 0 Å². The molecule has 2 fully saturated rings. The Labute approximate surface area is 190 Å². The van der Waals surface area contributed by atoms with Gasteiger partial charge in [0.15, 0.2) is 0 Å². The van der Waals surface area contributed by atoms with Crippen molar-refractivity contribution < 1.29 is 17.6 Å². The highest BCUT2D eigenvalue weighted by Gasteiger charge is 2.39. The van der Waals surface area contributed by atoms with Gasteiger partial charge in [0, 0.05) is 19.6 Å². The second-order valence-electron chi connectivity index (χ2n) is 8.37. The number of halogens is 1. The minimum Gasteiger partial charge on any atom is -0.333 e. The maximum absolute atomic E-state index is 13.5. The molecule has 6 nitrogen and oxygen atoms in total. The molecule has 2 atom stereocenters. The number of hydrogen-bond acceptors (Lipinski definition) is 5. The monoisotopic (exact) mass is 473 g/mol. The second kappa shape index (κ2) is 8.53. The number of sulfonamides is 1. The molecule has 0 N–H and O–H groups in total. The van der Waals surface area contributed by atoms with E-state index in [1.807, 2.05) is 29.2 Å². The van der Waals surface area contributed by atoms with Crippen molar-refractivity contribution in [2.24, 2.45) is 5.92 Å². The van der Waals surface area contributed by atoms with Gasteiger partial charge in [-0.15, -0.1) is 11.3 Å². The molecule has 0 saturated carbocycles. The van der Waals surface area contributed by atoms with Crippen LogP contribution < -0.4 is 0 Å². The van der Waals surface area contributed by atoms with E-state index in [-0.39, 0.29) is 29.3 Å². The van der Waals surface area contributed by atoms with Crippen molar-refractivity contribution in [2.45, 2.75) is 36.6 Å². The molecule has 0 bridgehead atoms. The summed E-state index contributed by atoms with van der Waals surface area (Å²) in [5.74, 6) is -0.856. The van der Waals surface area contributed by atoms with Gasteiger partial charge < -0.3 is 4.90 Å². The number of thiazole rings is 1. The van der Waals surface area contributed by atoms with E-state index in [9.17, 15) is 17.6 Å². The molecule has 32 heavy (non-hydrogen) atoms. The summed E-state index contributed by atoms with van der Waals surface area (Å²) in [5.41, 5.74) is 0.945. The standard InChI is InChI=1S/C23H24FN3O3S2/c24-17-9-11-18(12-10-17)32(29,30)26-13-3-5-16(15-26)23(28)27-14-4-7-20(27)22-25-19-6-1-2-8-21(19)31-22/h1-2,6,8-12,16,20H,3-5,7,13-15H2/t16-,20+/m0/s1. The van der Waals surface area contributed by atoms with E-state index in [4.69, 9.17) is 4.98 Å². The summed E-state index contributed by atoms with van der Waals surface area (Å²) in [4.78, 5) is 20.2. The van der Waals surface area contributed by atoms with Crippen LogP contribution in [0.25, 0.3) is 10.2 Å². The molecule has 0 radical (unpaired) electrons. The Kier molecular flexibility index (Phi) is 5.73. The second-order valence-corrected chi connectivity index (χ2v) is 11.4. The molecule has 5 rings (SSSR count). The summed E-state index contributed by atoms with van der Waals surface area (Å²) in [6.45, 7) is 1.19. The van der Waals surface area contributed by atoms with Gasteiger partial charge in [-0.3, -0.25) is 4.79 Å². The lowest BCUT2D eigenvalue weighted by Gasteiger charge is -2.34. The largest absolute Gasteiger partial charge is 0.333 e.